The molecule has 0 saturated heterocycles. The van der Waals surface area contributed by atoms with Gasteiger partial charge >= 0.3 is 6.18 Å². The molecule has 0 radical (unpaired) electrons. The number of alkyl halides is 3. The lowest BCUT2D eigenvalue weighted by Gasteiger charge is -2.22. The van der Waals surface area contributed by atoms with Crippen LogP contribution < -0.4 is 5.32 Å². The number of nitrogens with one attached hydrogen (secondary N) is 1. The summed E-state index contributed by atoms with van der Waals surface area (Å²) in [4.78, 5) is 4.17. The number of benzene rings is 2. The van der Waals surface area contributed by atoms with Crippen LogP contribution in [0.4, 0.5) is 13.2 Å². The zero-order chi connectivity index (χ0) is 17.4. The van der Waals surface area contributed by atoms with Crippen LogP contribution in [0.1, 0.15) is 42.1 Å². The molecule has 0 aliphatic heterocycles. The van der Waals surface area contributed by atoms with Crippen molar-refractivity contribution in [1.82, 2.24) is 15.5 Å². The molecule has 4 rings (SSSR count). The fourth-order valence-corrected chi connectivity index (χ4v) is 2.94. The Labute approximate surface area is 142 Å². The van der Waals surface area contributed by atoms with Crippen LogP contribution in [0.2, 0.25) is 0 Å². The predicted octanol–water partition coefficient (Wildman–Crippen LogP) is 4.49. The highest BCUT2D eigenvalue weighted by atomic mass is 19.4. The summed E-state index contributed by atoms with van der Waals surface area (Å²) in [5, 5.41) is 7.71. The van der Waals surface area contributed by atoms with Gasteiger partial charge in [-0.15, -0.1) is 0 Å². The molecule has 0 unspecified atom stereocenters. The molecule has 1 heterocycles. The number of nitrogens with zero attached hydrogens (tertiary/aromatic N) is 2. The van der Waals surface area contributed by atoms with E-state index < -0.39 is 12.2 Å². The van der Waals surface area contributed by atoms with Crippen molar-refractivity contribution < 1.29 is 17.7 Å². The van der Waals surface area contributed by atoms with E-state index in [0.29, 0.717) is 17.1 Å². The van der Waals surface area contributed by atoms with E-state index in [9.17, 15) is 13.2 Å². The minimum Gasteiger partial charge on any atom is -0.338 e. The summed E-state index contributed by atoms with van der Waals surface area (Å²) in [6, 6.07) is 10.2. The zero-order valence-electron chi connectivity index (χ0n) is 13.3. The van der Waals surface area contributed by atoms with Gasteiger partial charge in [0.25, 0.3) is 0 Å². The Kier molecular flexibility index (Phi) is 3.95. The van der Waals surface area contributed by atoms with Crippen molar-refractivity contribution in [2.24, 2.45) is 0 Å². The fraction of sp³-hybridized carbons (Fsp3) is 0.333. The second kappa shape index (κ2) is 6.15. The molecule has 130 valence electrons. The standard InChI is InChI=1S/C18H16F3N3O/c19-18(20,21)16(14-7-3-5-11-4-1-2-6-13(11)14)22-10-15-23-17(24-25-15)12-8-9-12/h1-7,12,16,22H,8-10H2/t16-/m0/s1. The number of fused-ring (bicyclic) bond motifs is 1. The van der Waals surface area contributed by atoms with E-state index in [2.05, 4.69) is 15.5 Å². The van der Waals surface area contributed by atoms with Gasteiger partial charge in [0.1, 0.15) is 6.04 Å². The molecule has 7 heteroatoms. The first kappa shape index (κ1) is 16.1. The third-order valence-corrected chi connectivity index (χ3v) is 4.35. The maximum Gasteiger partial charge on any atom is 0.407 e. The Hall–Kier alpha value is -2.41. The molecule has 1 aliphatic rings. The smallest absolute Gasteiger partial charge is 0.338 e. The van der Waals surface area contributed by atoms with Crippen LogP contribution in [0.25, 0.3) is 10.8 Å². The lowest BCUT2D eigenvalue weighted by Crippen LogP contribution is -2.34. The van der Waals surface area contributed by atoms with Gasteiger partial charge in [0.05, 0.1) is 6.54 Å². The summed E-state index contributed by atoms with van der Waals surface area (Å²) in [6.45, 7) is -0.132. The summed E-state index contributed by atoms with van der Waals surface area (Å²) in [5.74, 6) is 1.07. The van der Waals surface area contributed by atoms with Crippen LogP contribution in [-0.4, -0.2) is 16.3 Å². The van der Waals surface area contributed by atoms with Crippen LogP contribution >= 0.6 is 0 Å². The molecule has 1 fully saturated rings. The molecule has 0 bridgehead atoms. The van der Waals surface area contributed by atoms with E-state index in [-0.39, 0.29) is 18.0 Å². The molecule has 0 spiro atoms. The van der Waals surface area contributed by atoms with Crippen molar-refractivity contribution in [2.75, 3.05) is 0 Å². The lowest BCUT2D eigenvalue weighted by molar-refractivity contribution is -0.158. The predicted molar refractivity (Wildman–Crippen MR) is 85.9 cm³/mol. The Balaban J connectivity index is 1.61. The van der Waals surface area contributed by atoms with E-state index in [0.717, 1.165) is 18.2 Å². The Morgan fingerprint density at radius 3 is 2.64 bits per heavy atom. The molecule has 2 aromatic carbocycles. The van der Waals surface area contributed by atoms with Crippen LogP contribution in [0, 0.1) is 0 Å². The second-order valence-electron chi connectivity index (χ2n) is 6.24. The molecule has 25 heavy (non-hydrogen) atoms. The highest BCUT2D eigenvalue weighted by Gasteiger charge is 2.41. The SMILES string of the molecule is FC(F)(F)[C@@H](NCc1nc(C2CC2)no1)c1cccc2ccccc12. The van der Waals surface area contributed by atoms with Gasteiger partial charge in [0, 0.05) is 5.92 Å². The van der Waals surface area contributed by atoms with Crippen LogP contribution in [0.5, 0.6) is 0 Å². The van der Waals surface area contributed by atoms with Gasteiger partial charge in [0.15, 0.2) is 5.82 Å². The average molecular weight is 347 g/mol. The Morgan fingerprint density at radius 1 is 1.12 bits per heavy atom. The molecule has 0 amide bonds. The molecule has 1 aliphatic carbocycles. The minimum atomic E-state index is -4.44. The lowest BCUT2D eigenvalue weighted by atomic mass is 9.98. The van der Waals surface area contributed by atoms with Crippen LogP contribution in [0.15, 0.2) is 47.0 Å². The summed E-state index contributed by atoms with van der Waals surface area (Å²) >= 11 is 0. The van der Waals surface area contributed by atoms with Crippen molar-refractivity contribution in [2.45, 2.75) is 37.5 Å². The van der Waals surface area contributed by atoms with E-state index >= 15 is 0 Å². The number of halogens is 3. The topological polar surface area (TPSA) is 51.0 Å². The van der Waals surface area contributed by atoms with Crippen molar-refractivity contribution in [1.29, 1.82) is 0 Å². The zero-order valence-corrected chi connectivity index (χ0v) is 13.3. The molecule has 1 aromatic heterocycles. The van der Waals surface area contributed by atoms with Crippen molar-refractivity contribution in [3.05, 3.63) is 59.7 Å². The third-order valence-electron chi connectivity index (χ3n) is 4.35. The minimum absolute atomic E-state index is 0.132. The summed E-state index contributed by atoms with van der Waals surface area (Å²) in [6.07, 6.45) is -2.43. The highest BCUT2D eigenvalue weighted by molar-refractivity contribution is 5.86. The number of aromatic nitrogens is 2. The van der Waals surface area contributed by atoms with Gasteiger partial charge in [-0.25, -0.2) is 0 Å². The summed E-state index contributed by atoms with van der Waals surface area (Å²) < 4.78 is 46.0. The van der Waals surface area contributed by atoms with Crippen molar-refractivity contribution in [3.8, 4) is 0 Å². The second-order valence-corrected chi connectivity index (χ2v) is 6.24. The van der Waals surface area contributed by atoms with E-state index in [1.165, 1.54) is 6.07 Å². The summed E-state index contributed by atoms with van der Waals surface area (Å²) in [5.41, 5.74) is 0.188. The van der Waals surface area contributed by atoms with Gasteiger partial charge in [-0.1, -0.05) is 47.6 Å². The van der Waals surface area contributed by atoms with Crippen molar-refractivity contribution >= 4 is 10.8 Å². The summed E-state index contributed by atoms with van der Waals surface area (Å²) in [7, 11) is 0. The van der Waals surface area contributed by atoms with Crippen LogP contribution in [0.3, 0.4) is 0 Å². The van der Waals surface area contributed by atoms with Crippen LogP contribution in [-0.2, 0) is 6.54 Å². The van der Waals surface area contributed by atoms with Crippen molar-refractivity contribution in [3.63, 3.8) is 0 Å². The average Bonchev–Trinajstić information content (AvgIpc) is 3.33. The first-order chi connectivity index (χ1) is 12.0. The molecular weight excluding hydrogens is 331 g/mol. The monoisotopic (exact) mass is 347 g/mol. The largest absolute Gasteiger partial charge is 0.407 e. The van der Waals surface area contributed by atoms with Gasteiger partial charge < -0.3 is 4.52 Å². The quantitative estimate of drug-likeness (QED) is 0.739. The molecule has 1 atom stereocenters. The number of rotatable bonds is 5. The maximum atomic E-state index is 13.7. The molecule has 1 saturated carbocycles. The normalized spacial score (nSPS) is 16.3. The van der Waals surface area contributed by atoms with E-state index in [4.69, 9.17) is 4.52 Å². The van der Waals surface area contributed by atoms with Gasteiger partial charge in [0.2, 0.25) is 5.89 Å². The molecule has 4 nitrogen and oxygen atoms in total. The fourth-order valence-electron chi connectivity index (χ4n) is 2.94. The van der Waals surface area contributed by atoms with E-state index in [1.807, 2.05) is 0 Å². The number of hydrogen-bond acceptors (Lipinski definition) is 4. The molecular formula is C18H16F3N3O. The first-order valence-corrected chi connectivity index (χ1v) is 8.12. The Morgan fingerprint density at radius 2 is 1.88 bits per heavy atom. The van der Waals surface area contributed by atoms with E-state index in [1.54, 1.807) is 36.4 Å². The first-order valence-electron chi connectivity index (χ1n) is 8.12. The van der Waals surface area contributed by atoms with Gasteiger partial charge in [-0.05, 0) is 29.2 Å². The highest BCUT2D eigenvalue weighted by Crippen LogP contribution is 2.38. The number of hydrogen-bond donors (Lipinski definition) is 1. The van der Waals surface area contributed by atoms with Gasteiger partial charge in [-0.3, -0.25) is 5.32 Å². The molecule has 1 N–H and O–H groups in total. The Bertz CT molecular complexity index is 881. The third kappa shape index (κ3) is 3.37. The van der Waals surface area contributed by atoms with Gasteiger partial charge in [-0.2, -0.15) is 18.2 Å². The molecule has 3 aromatic rings. The maximum absolute atomic E-state index is 13.7.